The standard InChI is InChI=1S/C24H18FN3O6/c1-31-8-6-28-13-16(9-15(12-26)24(28)30)23(29)19-10-17(25)4-5-20(19)33-14-18-11-22(34-27-18)21-3-2-7-32-21/h2-5,7,9-11,13H,6,8,14H2,1H3. The minimum absolute atomic E-state index is 0.0317. The predicted molar refractivity (Wildman–Crippen MR) is 116 cm³/mol. The summed E-state index contributed by atoms with van der Waals surface area (Å²) in [7, 11) is 1.47. The van der Waals surface area contributed by atoms with Gasteiger partial charge in [-0.25, -0.2) is 4.39 Å². The molecule has 4 rings (SSSR count). The Morgan fingerprint density at radius 3 is 2.82 bits per heavy atom. The fraction of sp³-hybridized carbons (Fsp3) is 0.167. The van der Waals surface area contributed by atoms with Crippen LogP contribution in [0, 0.1) is 17.1 Å². The Hall–Kier alpha value is -4.49. The quantitative estimate of drug-likeness (QED) is 0.346. The normalized spacial score (nSPS) is 10.7. The van der Waals surface area contributed by atoms with Crippen molar-refractivity contribution in [2.24, 2.45) is 0 Å². The van der Waals surface area contributed by atoms with Gasteiger partial charge in [-0.05, 0) is 36.4 Å². The molecule has 10 heteroatoms. The Morgan fingerprint density at radius 1 is 1.24 bits per heavy atom. The monoisotopic (exact) mass is 463 g/mol. The van der Waals surface area contributed by atoms with Crippen LogP contribution >= 0.6 is 0 Å². The summed E-state index contributed by atoms with van der Waals surface area (Å²) in [6.07, 6.45) is 2.81. The molecule has 0 fully saturated rings. The third-order valence-electron chi connectivity index (χ3n) is 4.89. The third kappa shape index (κ3) is 4.79. The molecule has 0 aliphatic heterocycles. The van der Waals surface area contributed by atoms with Crippen molar-refractivity contribution in [3.05, 3.63) is 93.5 Å². The number of rotatable bonds is 9. The second kappa shape index (κ2) is 9.97. The number of nitriles is 1. The number of nitrogens with zero attached hydrogens (tertiary/aromatic N) is 3. The SMILES string of the molecule is COCCn1cc(C(=O)c2cc(F)ccc2OCc2cc(-c3ccco3)on2)cc(C#N)c1=O. The molecule has 0 unspecified atom stereocenters. The van der Waals surface area contributed by atoms with E-state index in [1.807, 2.05) is 0 Å². The zero-order valence-electron chi connectivity index (χ0n) is 18.0. The summed E-state index contributed by atoms with van der Waals surface area (Å²) in [6.45, 7) is 0.281. The first kappa shape index (κ1) is 22.7. The number of benzene rings is 1. The average molecular weight is 463 g/mol. The van der Waals surface area contributed by atoms with Gasteiger partial charge in [-0.2, -0.15) is 5.26 Å². The van der Waals surface area contributed by atoms with Crippen molar-refractivity contribution in [2.45, 2.75) is 13.2 Å². The average Bonchev–Trinajstić information content (AvgIpc) is 3.54. The van der Waals surface area contributed by atoms with Crippen molar-refractivity contribution < 1.29 is 27.6 Å². The fourth-order valence-electron chi connectivity index (χ4n) is 3.22. The summed E-state index contributed by atoms with van der Waals surface area (Å²) < 4.78 is 36.4. The van der Waals surface area contributed by atoms with E-state index in [0.29, 0.717) is 17.2 Å². The van der Waals surface area contributed by atoms with Crippen LogP contribution in [0.5, 0.6) is 5.75 Å². The van der Waals surface area contributed by atoms with E-state index in [1.54, 1.807) is 24.3 Å². The summed E-state index contributed by atoms with van der Waals surface area (Å²) in [6, 6.07) is 11.5. The van der Waals surface area contributed by atoms with Crippen LogP contribution in [0.2, 0.25) is 0 Å². The first-order valence-electron chi connectivity index (χ1n) is 10.1. The molecule has 0 spiro atoms. The van der Waals surface area contributed by atoms with Crippen LogP contribution in [0.15, 0.2) is 68.7 Å². The number of aromatic nitrogens is 2. The highest BCUT2D eigenvalue weighted by atomic mass is 19.1. The summed E-state index contributed by atoms with van der Waals surface area (Å²) in [4.78, 5) is 25.6. The summed E-state index contributed by atoms with van der Waals surface area (Å²) in [5, 5.41) is 13.2. The topological polar surface area (TPSA) is 120 Å². The van der Waals surface area contributed by atoms with Gasteiger partial charge in [0, 0.05) is 31.5 Å². The van der Waals surface area contributed by atoms with E-state index in [0.717, 1.165) is 12.1 Å². The van der Waals surface area contributed by atoms with Crippen LogP contribution in [-0.2, 0) is 17.9 Å². The highest BCUT2D eigenvalue weighted by molar-refractivity contribution is 6.10. The Balaban J connectivity index is 1.61. The fourth-order valence-corrected chi connectivity index (χ4v) is 3.22. The molecule has 0 aliphatic rings. The second-order valence-corrected chi connectivity index (χ2v) is 7.16. The second-order valence-electron chi connectivity index (χ2n) is 7.16. The van der Waals surface area contributed by atoms with E-state index < -0.39 is 17.2 Å². The number of carbonyl (C=O) groups excluding carboxylic acids is 1. The molecule has 34 heavy (non-hydrogen) atoms. The molecule has 0 N–H and O–H groups in total. The molecule has 3 heterocycles. The number of hydrogen-bond donors (Lipinski definition) is 0. The molecular formula is C24H18FN3O6. The highest BCUT2D eigenvalue weighted by Gasteiger charge is 2.20. The predicted octanol–water partition coefficient (Wildman–Crippen LogP) is 3.56. The summed E-state index contributed by atoms with van der Waals surface area (Å²) >= 11 is 0. The van der Waals surface area contributed by atoms with Crippen LogP contribution in [0.4, 0.5) is 4.39 Å². The Bertz CT molecular complexity index is 1420. The molecular weight excluding hydrogens is 445 g/mol. The van der Waals surface area contributed by atoms with Gasteiger partial charge in [0.25, 0.3) is 5.56 Å². The van der Waals surface area contributed by atoms with Crippen molar-refractivity contribution in [1.29, 1.82) is 5.26 Å². The molecule has 0 atom stereocenters. The molecule has 0 bridgehead atoms. The maximum atomic E-state index is 14.0. The number of carbonyl (C=O) groups is 1. The van der Waals surface area contributed by atoms with E-state index in [4.69, 9.17) is 18.4 Å². The van der Waals surface area contributed by atoms with E-state index in [2.05, 4.69) is 5.16 Å². The molecule has 1 aromatic carbocycles. The molecule has 3 aromatic heterocycles. The van der Waals surface area contributed by atoms with Crippen LogP contribution in [-0.4, -0.2) is 29.2 Å². The number of furan rings is 1. The lowest BCUT2D eigenvalue weighted by Crippen LogP contribution is -2.25. The number of ketones is 1. The van der Waals surface area contributed by atoms with Crippen molar-refractivity contribution in [3.8, 4) is 23.3 Å². The van der Waals surface area contributed by atoms with E-state index in [1.165, 1.54) is 36.3 Å². The molecule has 0 saturated carbocycles. The lowest BCUT2D eigenvalue weighted by Gasteiger charge is -2.12. The van der Waals surface area contributed by atoms with Crippen molar-refractivity contribution in [1.82, 2.24) is 9.72 Å². The lowest BCUT2D eigenvalue weighted by molar-refractivity contribution is 0.103. The van der Waals surface area contributed by atoms with Gasteiger partial charge in [0.1, 0.15) is 35.5 Å². The summed E-state index contributed by atoms with van der Waals surface area (Å²) in [5.41, 5.74) is -0.382. The molecule has 0 aliphatic carbocycles. The van der Waals surface area contributed by atoms with Crippen LogP contribution < -0.4 is 10.3 Å². The van der Waals surface area contributed by atoms with Gasteiger partial charge in [-0.3, -0.25) is 9.59 Å². The van der Waals surface area contributed by atoms with Gasteiger partial charge in [0.15, 0.2) is 11.5 Å². The lowest BCUT2D eigenvalue weighted by atomic mass is 10.0. The molecule has 9 nitrogen and oxygen atoms in total. The Labute approximate surface area is 192 Å². The zero-order valence-corrected chi connectivity index (χ0v) is 18.0. The van der Waals surface area contributed by atoms with Gasteiger partial charge >= 0.3 is 0 Å². The smallest absolute Gasteiger partial charge is 0.268 e. The number of methoxy groups -OCH3 is 1. The van der Waals surface area contributed by atoms with Gasteiger partial charge in [-0.1, -0.05) is 5.16 Å². The van der Waals surface area contributed by atoms with E-state index in [9.17, 15) is 19.2 Å². The number of pyridine rings is 1. The Morgan fingerprint density at radius 2 is 2.09 bits per heavy atom. The molecule has 4 aromatic rings. The number of hydrogen-bond acceptors (Lipinski definition) is 8. The van der Waals surface area contributed by atoms with Gasteiger partial charge in [0.2, 0.25) is 5.76 Å². The maximum Gasteiger partial charge on any atom is 0.268 e. The summed E-state index contributed by atoms with van der Waals surface area (Å²) in [5.74, 6) is -0.268. The van der Waals surface area contributed by atoms with E-state index >= 15 is 0 Å². The Kier molecular flexibility index (Phi) is 6.66. The van der Waals surface area contributed by atoms with Gasteiger partial charge < -0.3 is 23.0 Å². The molecule has 0 amide bonds. The molecule has 0 saturated heterocycles. The van der Waals surface area contributed by atoms with E-state index in [-0.39, 0.29) is 42.2 Å². The number of ether oxygens (including phenoxy) is 2. The first-order valence-corrected chi connectivity index (χ1v) is 10.1. The van der Waals surface area contributed by atoms with Gasteiger partial charge in [-0.15, -0.1) is 0 Å². The van der Waals surface area contributed by atoms with Gasteiger partial charge in [0.05, 0.1) is 18.4 Å². The van der Waals surface area contributed by atoms with Crippen molar-refractivity contribution >= 4 is 5.78 Å². The van der Waals surface area contributed by atoms with Crippen molar-refractivity contribution in [3.63, 3.8) is 0 Å². The first-order chi connectivity index (χ1) is 16.5. The molecule has 0 radical (unpaired) electrons. The largest absolute Gasteiger partial charge is 0.486 e. The minimum atomic E-state index is -0.648. The minimum Gasteiger partial charge on any atom is -0.486 e. The molecule has 172 valence electrons. The zero-order chi connectivity index (χ0) is 24.1. The van der Waals surface area contributed by atoms with Crippen LogP contribution in [0.25, 0.3) is 11.5 Å². The van der Waals surface area contributed by atoms with Crippen LogP contribution in [0.3, 0.4) is 0 Å². The van der Waals surface area contributed by atoms with Crippen molar-refractivity contribution in [2.75, 3.05) is 13.7 Å². The van der Waals surface area contributed by atoms with Crippen LogP contribution in [0.1, 0.15) is 27.2 Å². The number of halogens is 1. The highest BCUT2D eigenvalue weighted by Crippen LogP contribution is 2.25. The maximum absolute atomic E-state index is 14.0. The third-order valence-corrected chi connectivity index (χ3v) is 4.89.